The van der Waals surface area contributed by atoms with Crippen LogP contribution in [-0.4, -0.2) is 43.6 Å². The fraction of sp³-hybridized carbons (Fsp3) is 0.320. The number of pyridine rings is 1. The Balaban J connectivity index is 2.10. The Morgan fingerprint density at radius 2 is 1.81 bits per heavy atom. The van der Waals surface area contributed by atoms with E-state index >= 15 is 0 Å². The van der Waals surface area contributed by atoms with Gasteiger partial charge in [0.15, 0.2) is 11.5 Å². The molecule has 0 aliphatic carbocycles. The second kappa shape index (κ2) is 11.6. The third kappa shape index (κ3) is 6.97. The van der Waals surface area contributed by atoms with Gasteiger partial charge in [0.1, 0.15) is 21.3 Å². The standard InChI is InChI=1S/C25H25F3N2O6S/c1-4-35-23-12-16(9-10-22(23)36-25(27)28)17(14-37(3,33)34)11-21-24(30(31)32)15(2)19(13-29-21)18-7-5-6-8-20(18)26/h5-10,12-13,17,25H,4,11,14H2,1-3H3. The summed E-state index contributed by atoms with van der Waals surface area (Å²) in [5.41, 5.74) is 0.575. The number of aromatic nitrogens is 1. The average molecular weight is 539 g/mol. The SMILES string of the molecule is CCOc1cc(C(Cc2ncc(-c3ccccc3F)c(C)c2[N+](=O)[O-])CS(C)(=O)=O)ccc1OC(F)F. The van der Waals surface area contributed by atoms with Gasteiger partial charge in [-0.15, -0.1) is 0 Å². The lowest BCUT2D eigenvalue weighted by atomic mass is 9.92. The molecule has 0 aliphatic rings. The first-order valence-corrected chi connectivity index (χ1v) is 13.2. The van der Waals surface area contributed by atoms with Gasteiger partial charge in [-0.05, 0) is 37.6 Å². The molecule has 2 aromatic carbocycles. The molecule has 3 aromatic rings. The minimum absolute atomic E-state index is 0.00195. The number of benzene rings is 2. The van der Waals surface area contributed by atoms with Crippen LogP contribution in [0.2, 0.25) is 0 Å². The van der Waals surface area contributed by atoms with Crippen LogP contribution in [0.25, 0.3) is 11.1 Å². The van der Waals surface area contributed by atoms with E-state index in [4.69, 9.17) is 4.74 Å². The summed E-state index contributed by atoms with van der Waals surface area (Å²) in [5.74, 6) is -2.06. The third-order valence-corrected chi connectivity index (χ3v) is 6.64. The van der Waals surface area contributed by atoms with Crippen molar-refractivity contribution < 1.29 is 36.0 Å². The summed E-state index contributed by atoms with van der Waals surface area (Å²) >= 11 is 0. The van der Waals surface area contributed by atoms with Crippen molar-refractivity contribution in [2.75, 3.05) is 18.6 Å². The first-order valence-electron chi connectivity index (χ1n) is 11.2. The molecular weight excluding hydrogens is 513 g/mol. The lowest BCUT2D eigenvalue weighted by molar-refractivity contribution is -0.386. The molecule has 12 heteroatoms. The molecular formula is C25H25F3N2O6S. The Morgan fingerprint density at radius 1 is 1.11 bits per heavy atom. The molecule has 0 radical (unpaired) electrons. The monoisotopic (exact) mass is 538 g/mol. The van der Waals surface area contributed by atoms with Gasteiger partial charge in [0.25, 0.3) is 5.69 Å². The number of halogens is 3. The Hall–Kier alpha value is -3.67. The number of hydrogen-bond donors (Lipinski definition) is 0. The van der Waals surface area contributed by atoms with Crippen molar-refractivity contribution in [2.45, 2.75) is 32.8 Å². The van der Waals surface area contributed by atoms with Gasteiger partial charge in [-0.2, -0.15) is 8.78 Å². The molecule has 1 heterocycles. The van der Waals surface area contributed by atoms with Crippen LogP contribution in [0, 0.1) is 22.9 Å². The lowest BCUT2D eigenvalue weighted by Gasteiger charge is -2.20. The van der Waals surface area contributed by atoms with Gasteiger partial charge in [-0.1, -0.05) is 24.3 Å². The Morgan fingerprint density at radius 3 is 2.41 bits per heavy atom. The third-order valence-electron chi connectivity index (χ3n) is 5.63. The van der Waals surface area contributed by atoms with E-state index in [-0.39, 0.29) is 52.6 Å². The molecule has 0 bridgehead atoms. The van der Waals surface area contributed by atoms with E-state index in [0.29, 0.717) is 5.56 Å². The van der Waals surface area contributed by atoms with Gasteiger partial charge in [0.05, 0.1) is 17.3 Å². The number of hydrogen-bond acceptors (Lipinski definition) is 7. The molecule has 8 nitrogen and oxygen atoms in total. The zero-order valence-corrected chi connectivity index (χ0v) is 21.1. The number of nitro groups is 1. The number of alkyl halides is 2. The first kappa shape index (κ1) is 27.9. The smallest absolute Gasteiger partial charge is 0.387 e. The van der Waals surface area contributed by atoms with Crippen molar-refractivity contribution >= 4 is 15.5 Å². The maximum absolute atomic E-state index is 14.4. The van der Waals surface area contributed by atoms with Crippen molar-refractivity contribution in [3.8, 4) is 22.6 Å². The zero-order chi connectivity index (χ0) is 27.3. The van der Waals surface area contributed by atoms with E-state index in [1.165, 1.54) is 49.5 Å². The number of ether oxygens (including phenoxy) is 2. The van der Waals surface area contributed by atoms with Crippen LogP contribution >= 0.6 is 0 Å². The Bertz CT molecular complexity index is 1400. The lowest BCUT2D eigenvalue weighted by Crippen LogP contribution is -2.18. The van der Waals surface area contributed by atoms with Gasteiger partial charge >= 0.3 is 6.61 Å². The van der Waals surface area contributed by atoms with E-state index in [1.807, 2.05) is 0 Å². The summed E-state index contributed by atoms with van der Waals surface area (Å²) in [4.78, 5) is 15.6. The highest BCUT2D eigenvalue weighted by Crippen LogP contribution is 2.37. The maximum Gasteiger partial charge on any atom is 0.387 e. The molecule has 0 amide bonds. The van der Waals surface area contributed by atoms with Crippen LogP contribution in [-0.2, 0) is 16.3 Å². The highest BCUT2D eigenvalue weighted by atomic mass is 32.2. The van der Waals surface area contributed by atoms with E-state index < -0.39 is 38.9 Å². The Kier molecular flexibility index (Phi) is 8.74. The van der Waals surface area contributed by atoms with Crippen molar-refractivity contribution in [3.05, 3.63) is 81.4 Å². The van der Waals surface area contributed by atoms with Crippen LogP contribution in [0.1, 0.15) is 29.7 Å². The predicted molar refractivity (Wildman–Crippen MR) is 131 cm³/mol. The normalized spacial score (nSPS) is 12.4. The average Bonchev–Trinajstić information content (AvgIpc) is 2.79. The molecule has 0 aliphatic heterocycles. The van der Waals surface area contributed by atoms with Crippen molar-refractivity contribution in [1.82, 2.24) is 4.98 Å². The van der Waals surface area contributed by atoms with Crippen molar-refractivity contribution in [3.63, 3.8) is 0 Å². The summed E-state index contributed by atoms with van der Waals surface area (Å²) in [6.45, 7) is 0.142. The number of nitrogens with zero attached hydrogens (tertiary/aromatic N) is 2. The topological polar surface area (TPSA) is 109 Å². The second-order valence-electron chi connectivity index (χ2n) is 8.34. The van der Waals surface area contributed by atoms with Crippen LogP contribution in [0.15, 0.2) is 48.7 Å². The molecule has 37 heavy (non-hydrogen) atoms. The van der Waals surface area contributed by atoms with Crippen LogP contribution in [0.5, 0.6) is 11.5 Å². The van der Waals surface area contributed by atoms with E-state index in [9.17, 15) is 31.7 Å². The van der Waals surface area contributed by atoms with E-state index in [2.05, 4.69) is 9.72 Å². The molecule has 1 unspecified atom stereocenters. The first-order chi connectivity index (χ1) is 17.4. The quantitative estimate of drug-likeness (QED) is 0.235. The summed E-state index contributed by atoms with van der Waals surface area (Å²) in [7, 11) is -3.59. The molecule has 1 atom stereocenters. The van der Waals surface area contributed by atoms with Crippen molar-refractivity contribution in [2.24, 2.45) is 0 Å². The van der Waals surface area contributed by atoms with Gasteiger partial charge in [0, 0.05) is 41.5 Å². The minimum Gasteiger partial charge on any atom is -0.490 e. The number of rotatable bonds is 11. The highest BCUT2D eigenvalue weighted by molar-refractivity contribution is 7.90. The van der Waals surface area contributed by atoms with Crippen LogP contribution in [0.3, 0.4) is 0 Å². The molecule has 198 valence electrons. The minimum atomic E-state index is -3.59. The molecule has 0 N–H and O–H groups in total. The summed E-state index contributed by atoms with van der Waals surface area (Å²) in [6, 6.07) is 9.81. The van der Waals surface area contributed by atoms with Gasteiger partial charge < -0.3 is 9.47 Å². The zero-order valence-electron chi connectivity index (χ0n) is 20.3. The summed E-state index contributed by atoms with van der Waals surface area (Å²) in [6.07, 6.45) is 2.17. The molecule has 3 rings (SSSR count). The number of sulfone groups is 1. The largest absolute Gasteiger partial charge is 0.490 e. The van der Waals surface area contributed by atoms with E-state index in [1.54, 1.807) is 13.0 Å². The van der Waals surface area contributed by atoms with Crippen molar-refractivity contribution in [1.29, 1.82) is 0 Å². The fourth-order valence-corrected chi connectivity index (χ4v) is 5.14. The maximum atomic E-state index is 14.4. The highest BCUT2D eigenvalue weighted by Gasteiger charge is 2.28. The van der Waals surface area contributed by atoms with Gasteiger partial charge in [0.2, 0.25) is 0 Å². The van der Waals surface area contributed by atoms with E-state index in [0.717, 1.165) is 6.26 Å². The van der Waals surface area contributed by atoms with Gasteiger partial charge in [-0.25, -0.2) is 12.8 Å². The second-order valence-corrected chi connectivity index (χ2v) is 10.5. The molecule has 0 saturated carbocycles. The van der Waals surface area contributed by atoms with Crippen LogP contribution in [0.4, 0.5) is 18.9 Å². The molecule has 0 saturated heterocycles. The van der Waals surface area contributed by atoms with Gasteiger partial charge in [-0.3, -0.25) is 15.1 Å². The summed E-state index contributed by atoms with van der Waals surface area (Å²) < 4.78 is 74.3. The molecule has 0 spiro atoms. The predicted octanol–water partition coefficient (Wildman–Crippen LogP) is 5.48. The Labute approximate surface area is 212 Å². The molecule has 0 fully saturated rings. The fourth-order valence-electron chi connectivity index (χ4n) is 4.10. The molecule has 1 aromatic heterocycles. The summed E-state index contributed by atoms with van der Waals surface area (Å²) in [5, 5.41) is 12.0. The van der Waals surface area contributed by atoms with Crippen LogP contribution < -0.4 is 9.47 Å².